The zero-order valence-electron chi connectivity index (χ0n) is 12.1. The molecule has 4 nitrogen and oxygen atoms in total. The summed E-state index contributed by atoms with van der Waals surface area (Å²) in [4.78, 5) is 4.03. The normalized spacial score (nSPS) is 12.5. The van der Waals surface area contributed by atoms with Crippen LogP contribution in [0.15, 0.2) is 55.1 Å². The lowest BCUT2D eigenvalue weighted by Gasteiger charge is -2.17. The Morgan fingerprint density at radius 3 is 2.86 bits per heavy atom. The molecule has 0 bridgehead atoms. The molecule has 0 fully saturated rings. The van der Waals surface area contributed by atoms with Crippen molar-refractivity contribution in [2.45, 2.75) is 19.5 Å². The molecule has 0 saturated carbocycles. The summed E-state index contributed by atoms with van der Waals surface area (Å²) in [5.74, 6) is 0.892. The summed E-state index contributed by atoms with van der Waals surface area (Å²) in [5.41, 5.74) is 7.12. The van der Waals surface area contributed by atoms with E-state index in [1.807, 2.05) is 29.8 Å². The van der Waals surface area contributed by atoms with Crippen molar-refractivity contribution in [2.75, 3.05) is 6.61 Å². The molecular formula is C17H19N3O. The number of rotatable bonds is 5. The van der Waals surface area contributed by atoms with Gasteiger partial charge in [-0.25, -0.2) is 4.98 Å². The molecular weight excluding hydrogens is 262 g/mol. The summed E-state index contributed by atoms with van der Waals surface area (Å²) < 4.78 is 8.05. The van der Waals surface area contributed by atoms with Gasteiger partial charge in [-0.05, 0) is 12.3 Å². The van der Waals surface area contributed by atoms with Crippen LogP contribution in [0.25, 0.3) is 10.8 Å². The van der Waals surface area contributed by atoms with E-state index in [0.29, 0.717) is 6.61 Å². The summed E-state index contributed by atoms with van der Waals surface area (Å²) in [6.07, 6.45) is 5.49. The number of fused-ring (bicyclic) bond motifs is 1. The lowest BCUT2D eigenvalue weighted by atomic mass is 10.0. The predicted octanol–water partition coefficient (Wildman–Crippen LogP) is 3.14. The molecule has 1 aromatic heterocycles. The van der Waals surface area contributed by atoms with Gasteiger partial charge in [0.15, 0.2) is 0 Å². The Kier molecular flexibility index (Phi) is 3.88. The first kappa shape index (κ1) is 13.6. The van der Waals surface area contributed by atoms with Gasteiger partial charge in [0.1, 0.15) is 12.4 Å². The third-order valence-electron chi connectivity index (χ3n) is 3.56. The molecule has 0 aliphatic rings. The molecule has 0 spiro atoms. The van der Waals surface area contributed by atoms with Crippen LogP contribution < -0.4 is 10.5 Å². The SMILES string of the molecule is C[C@@H](N)c1ccc2ccccc2c1OCCn1ccnc1. The Labute approximate surface area is 124 Å². The third kappa shape index (κ3) is 2.90. The van der Waals surface area contributed by atoms with Crippen LogP contribution in [0.2, 0.25) is 0 Å². The highest BCUT2D eigenvalue weighted by Crippen LogP contribution is 2.32. The highest BCUT2D eigenvalue weighted by Gasteiger charge is 2.12. The average molecular weight is 281 g/mol. The lowest BCUT2D eigenvalue weighted by Crippen LogP contribution is -2.11. The maximum absolute atomic E-state index is 6.08. The molecule has 21 heavy (non-hydrogen) atoms. The smallest absolute Gasteiger partial charge is 0.131 e. The van der Waals surface area contributed by atoms with E-state index in [9.17, 15) is 0 Å². The summed E-state index contributed by atoms with van der Waals surface area (Å²) in [6, 6.07) is 12.3. The van der Waals surface area contributed by atoms with Crippen LogP contribution in [0.1, 0.15) is 18.5 Å². The molecule has 2 N–H and O–H groups in total. The molecule has 0 aliphatic heterocycles. The Balaban J connectivity index is 1.89. The first-order valence-electron chi connectivity index (χ1n) is 7.11. The van der Waals surface area contributed by atoms with E-state index < -0.39 is 0 Å². The van der Waals surface area contributed by atoms with Gasteiger partial charge in [0.05, 0.1) is 12.9 Å². The number of benzene rings is 2. The molecule has 3 rings (SSSR count). The number of nitrogens with zero attached hydrogens (tertiary/aromatic N) is 2. The van der Waals surface area contributed by atoms with Gasteiger partial charge in [0, 0.05) is 29.4 Å². The molecule has 0 amide bonds. The van der Waals surface area contributed by atoms with Crippen LogP contribution in [0.3, 0.4) is 0 Å². The molecule has 1 atom stereocenters. The third-order valence-corrected chi connectivity index (χ3v) is 3.56. The van der Waals surface area contributed by atoms with Crippen molar-refractivity contribution in [2.24, 2.45) is 5.73 Å². The lowest BCUT2D eigenvalue weighted by molar-refractivity contribution is 0.297. The minimum Gasteiger partial charge on any atom is -0.491 e. The number of hydrogen-bond donors (Lipinski definition) is 1. The Morgan fingerprint density at radius 2 is 2.10 bits per heavy atom. The Hall–Kier alpha value is -2.33. The van der Waals surface area contributed by atoms with Gasteiger partial charge in [0.2, 0.25) is 0 Å². The van der Waals surface area contributed by atoms with Crippen LogP contribution in [0.5, 0.6) is 5.75 Å². The van der Waals surface area contributed by atoms with Crippen LogP contribution in [0.4, 0.5) is 0 Å². The van der Waals surface area contributed by atoms with Gasteiger partial charge >= 0.3 is 0 Å². The summed E-state index contributed by atoms with van der Waals surface area (Å²) in [5, 5.41) is 2.28. The molecule has 2 aromatic carbocycles. The van der Waals surface area contributed by atoms with Gasteiger partial charge in [0.25, 0.3) is 0 Å². The van der Waals surface area contributed by atoms with Gasteiger partial charge in [-0.1, -0.05) is 36.4 Å². The molecule has 4 heteroatoms. The van der Waals surface area contributed by atoms with Crippen molar-refractivity contribution in [1.29, 1.82) is 0 Å². The second-order valence-electron chi connectivity index (χ2n) is 5.14. The van der Waals surface area contributed by atoms with Crippen molar-refractivity contribution < 1.29 is 4.74 Å². The van der Waals surface area contributed by atoms with E-state index in [1.54, 1.807) is 12.5 Å². The topological polar surface area (TPSA) is 53.1 Å². The molecule has 0 radical (unpaired) electrons. The monoisotopic (exact) mass is 281 g/mol. The molecule has 0 aliphatic carbocycles. The largest absolute Gasteiger partial charge is 0.491 e. The number of hydrogen-bond acceptors (Lipinski definition) is 3. The summed E-state index contributed by atoms with van der Waals surface area (Å²) >= 11 is 0. The second-order valence-corrected chi connectivity index (χ2v) is 5.14. The van der Waals surface area contributed by atoms with E-state index >= 15 is 0 Å². The standard InChI is InChI=1S/C17H19N3O/c1-13(18)15-7-6-14-4-2-3-5-16(14)17(15)21-11-10-20-9-8-19-12-20/h2-9,12-13H,10-11,18H2,1H3/t13-/m1/s1. The molecule has 1 heterocycles. The van der Waals surface area contributed by atoms with Crippen molar-refractivity contribution in [1.82, 2.24) is 9.55 Å². The van der Waals surface area contributed by atoms with E-state index in [-0.39, 0.29) is 6.04 Å². The minimum absolute atomic E-state index is 0.0575. The van der Waals surface area contributed by atoms with Crippen LogP contribution >= 0.6 is 0 Å². The van der Waals surface area contributed by atoms with Gasteiger partial charge < -0.3 is 15.0 Å². The molecule has 0 unspecified atom stereocenters. The summed E-state index contributed by atoms with van der Waals surface area (Å²) in [7, 11) is 0. The Bertz CT molecular complexity index is 720. The summed E-state index contributed by atoms with van der Waals surface area (Å²) in [6.45, 7) is 3.33. The number of imidazole rings is 1. The fourth-order valence-corrected chi connectivity index (χ4v) is 2.45. The number of nitrogens with two attached hydrogens (primary N) is 1. The second kappa shape index (κ2) is 5.97. The first-order valence-corrected chi connectivity index (χ1v) is 7.11. The maximum Gasteiger partial charge on any atom is 0.131 e. The average Bonchev–Trinajstić information content (AvgIpc) is 3.00. The van der Waals surface area contributed by atoms with Crippen molar-refractivity contribution in [3.8, 4) is 5.75 Å². The fraction of sp³-hybridized carbons (Fsp3) is 0.235. The molecule has 108 valence electrons. The van der Waals surface area contributed by atoms with Crippen LogP contribution in [0, 0.1) is 0 Å². The van der Waals surface area contributed by atoms with E-state index in [2.05, 4.69) is 29.2 Å². The zero-order chi connectivity index (χ0) is 14.7. The van der Waals surface area contributed by atoms with Crippen molar-refractivity contribution in [3.63, 3.8) is 0 Å². The van der Waals surface area contributed by atoms with E-state index in [4.69, 9.17) is 10.5 Å². The predicted molar refractivity (Wildman–Crippen MR) is 84.3 cm³/mol. The van der Waals surface area contributed by atoms with Gasteiger partial charge in [-0.2, -0.15) is 0 Å². The van der Waals surface area contributed by atoms with Crippen molar-refractivity contribution >= 4 is 10.8 Å². The van der Waals surface area contributed by atoms with E-state index in [1.165, 1.54) is 5.39 Å². The van der Waals surface area contributed by atoms with E-state index in [0.717, 1.165) is 23.2 Å². The molecule has 0 saturated heterocycles. The quantitative estimate of drug-likeness (QED) is 0.781. The fourth-order valence-electron chi connectivity index (χ4n) is 2.45. The van der Waals surface area contributed by atoms with Gasteiger partial charge in [-0.3, -0.25) is 0 Å². The Morgan fingerprint density at radius 1 is 1.24 bits per heavy atom. The zero-order valence-corrected chi connectivity index (χ0v) is 12.1. The number of aromatic nitrogens is 2. The minimum atomic E-state index is -0.0575. The van der Waals surface area contributed by atoms with Crippen LogP contribution in [-0.2, 0) is 6.54 Å². The van der Waals surface area contributed by atoms with Gasteiger partial charge in [-0.15, -0.1) is 0 Å². The first-order chi connectivity index (χ1) is 10.3. The highest BCUT2D eigenvalue weighted by atomic mass is 16.5. The van der Waals surface area contributed by atoms with Crippen LogP contribution in [-0.4, -0.2) is 16.2 Å². The van der Waals surface area contributed by atoms with Crippen molar-refractivity contribution in [3.05, 3.63) is 60.7 Å². The maximum atomic E-state index is 6.08. The molecule has 3 aromatic rings. The highest BCUT2D eigenvalue weighted by molar-refractivity contribution is 5.89. The number of ether oxygens (including phenoxy) is 1.